The molecular weight excluding hydrogens is 218 g/mol. The second-order valence-electron chi connectivity index (χ2n) is 4.77. The second kappa shape index (κ2) is 5.75. The van der Waals surface area contributed by atoms with E-state index in [4.69, 9.17) is 0 Å². The van der Waals surface area contributed by atoms with Gasteiger partial charge in [-0.15, -0.1) is 11.3 Å². The summed E-state index contributed by atoms with van der Waals surface area (Å²) >= 11 is 1.74. The Morgan fingerprint density at radius 2 is 2.50 bits per heavy atom. The van der Waals surface area contributed by atoms with Crippen LogP contribution < -0.4 is 10.6 Å². The zero-order valence-electron chi connectivity index (χ0n) is 10.1. The van der Waals surface area contributed by atoms with Crippen LogP contribution in [0.25, 0.3) is 0 Å². The van der Waals surface area contributed by atoms with E-state index in [-0.39, 0.29) is 0 Å². The highest BCUT2D eigenvalue weighted by Gasteiger charge is 2.17. The first-order valence-corrected chi connectivity index (χ1v) is 6.96. The first-order chi connectivity index (χ1) is 7.75. The first kappa shape index (κ1) is 12.0. The molecule has 4 heteroatoms. The molecule has 1 aromatic rings. The van der Waals surface area contributed by atoms with E-state index in [0.717, 1.165) is 19.0 Å². The molecule has 1 aliphatic heterocycles. The number of hydrogen-bond donors (Lipinski definition) is 2. The second-order valence-corrected chi connectivity index (χ2v) is 5.71. The molecule has 90 valence electrons. The van der Waals surface area contributed by atoms with E-state index in [1.807, 2.05) is 5.51 Å². The Bertz CT molecular complexity index is 324. The van der Waals surface area contributed by atoms with E-state index in [1.54, 1.807) is 11.3 Å². The Balaban J connectivity index is 1.70. The van der Waals surface area contributed by atoms with E-state index >= 15 is 0 Å². The lowest BCUT2D eigenvalue weighted by Crippen LogP contribution is -2.43. The van der Waals surface area contributed by atoms with Crippen molar-refractivity contribution in [2.75, 3.05) is 13.1 Å². The third kappa shape index (κ3) is 3.27. The summed E-state index contributed by atoms with van der Waals surface area (Å²) < 4.78 is 0. The van der Waals surface area contributed by atoms with Gasteiger partial charge in [-0.25, -0.2) is 4.98 Å². The molecule has 2 atom stereocenters. The van der Waals surface area contributed by atoms with E-state index in [9.17, 15) is 0 Å². The molecule has 0 aliphatic carbocycles. The van der Waals surface area contributed by atoms with Crippen molar-refractivity contribution in [3.05, 3.63) is 16.1 Å². The lowest BCUT2D eigenvalue weighted by atomic mass is 9.94. The van der Waals surface area contributed by atoms with Gasteiger partial charge in [0.25, 0.3) is 0 Å². The summed E-state index contributed by atoms with van der Waals surface area (Å²) in [5.74, 6) is 0.873. The Kier molecular flexibility index (Phi) is 4.32. The van der Waals surface area contributed by atoms with Crippen molar-refractivity contribution >= 4 is 11.3 Å². The number of hydrogen-bond acceptors (Lipinski definition) is 4. The lowest BCUT2D eigenvalue weighted by molar-refractivity contribution is 0.311. The van der Waals surface area contributed by atoms with Gasteiger partial charge in [-0.1, -0.05) is 6.92 Å². The van der Waals surface area contributed by atoms with Crippen molar-refractivity contribution in [2.45, 2.75) is 39.3 Å². The highest BCUT2D eigenvalue weighted by Crippen LogP contribution is 2.15. The topological polar surface area (TPSA) is 37.0 Å². The Morgan fingerprint density at radius 3 is 3.19 bits per heavy atom. The summed E-state index contributed by atoms with van der Waals surface area (Å²) in [7, 11) is 0. The fraction of sp³-hybridized carbons (Fsp3) is 0.750. The lowest BCUT2D eigenvalue weighted by Gasteiger charge is -2.28. The van der Waals surface area contributed by atoms with Gasteiger partial charge in [-0.05, 0) is 32.2 Å². The van der Waals surface area contributed by atoms with Crippen LogP contribution in [0.1, 0.15) is 30.3 Å². The predicted molar refractivity (Wildman–Crippen MR) is 68.7 cm³/mol. The molecule has 1 fully saturated rings. The molecule has 1 aliphatic rings. The third-order valence-corrected chi connectivity index (χ3v) is 4.21. The third-order valence-electron chi connectivity index (χ3n) is 3.28. The average Bonchev–Trinajstić information content (AvgIpc) is 2.65. The van der Waals surface area contributed by atoms with Crippen LogP contribution in [0.2, 0.25) is 0 Å². The number of piperidine rings is 1. The summed E-state index contributed by atoms with van der Waals surface area (Å²) in [5, 5.41) is 7.10. The maximum absolute atomic E-state index is 4.26. The van der Waals surface area contributed by atoms with Crippen LogP contribution in [-0.4, -0.2) is 24.1 Å². The summed E-state index contributed by atoms with van der Waals surface area (Å²) in [6.45, 7) is 7.63. The van der Waals surface area contributed by atoms with Crippen molar-refractivity contribution in [3.63, 3.8) is 0 Å². The van der Waals surface area contributed by atoms with Crippen LogP contribution >= 0.6 is 11.3 Å². The van der Waals surface area contributed by atoms with Gasteiger partial charge in [0.05, 0.1) is 11.2 Å². The monoisotopic (exact) mass is 239 g/mol. The maximum Gasteiger partial charge on any atom is 0.0798 e. The van der Waals surface area contributed by atoms with Crippen LogP contribution in [0.4, 0.5) is 0 Å². The molecule has 16 heavy (non-hydrogen) atoms. The highest BCUT2D eigenvalue weighted by molar-refractivity contribution is 7.09. The number of aryl methyl sites for hydroxylation is 1. The molecular formula is C12H21N3S. The quantitative estimate of drug-likeness (QED) is 0.843. The molecule has 2 heterocycles. The first-order valence-electron chi connectivity index (χ1n) is 6.08. The number of thiazole rings is 1. The number of nitrogens with one attached hydrogen (secondary N) is 2. The van der Waals surface area contributed by atoms with Gasteiger partial charge in [0.2, 0.25) is 0 Å². The largest absolute Gasteiger partial charge is 0.313 e. The van der Waals surface area contributed by atoms with Crippen LogP contribution in [0.15, 0.2) is 5.51 Å². The van der Waals surface area contributed by atoms with Crippen molar-refractivity contribution in [2.24, 2.45) is 5.92 Å². The van der Waals surface area contributed by atoms with E-state index < -0.39 is 0 Å². The fourth-order valence-electron chi connectivity index (χ4n) is 2.23. The number of aromatic nitrogens is 1. The van der Waals surface area contributed by atoms with Crippen LogP contribution in [-0.2, 0) is 6.54 Å². The van der Waals surface area contributed by atoms with Crippen molar-refractivity contribution < 1.29 is 0 Å². The van der Waals surface area contributed by atoms with Crippen LogP contribution in [0.3, 0.4) is 0 Å². The van der Waals surface area contributed by atoms with Crippen molar-refractivity contribution in [1.82, 2.24) is 15.6 Å². The molecule has 2 unspecified atom stereocenters. The minimum atomic E-state index is 0.650. The summed E-state index contributed by atoms with van der Waals surface area (Å²) in [6.07, 6.45) is 2.62. The molecule has 0 spiro atoms. The number of rotatable bonds is 4. The van der Waals surface area contributed by atoms with E-state index in [0.29, 0.717) is 6.04 Å². The average molecular weight is 239 g/mol. The Labute approximate surface area is 102 Å². The van der Waals surface area contributed by atoms with Crippen molar-refractivity contribution in [3.8, 4) is 0 Å². The molecule has 0 bridgehead atoms. The predicted octanol–water partition coefficient (Wildman–Crippen LogP) is 1.93. The molecule has 3 nitrogen and oxygen atoms in total. The van der Waals surface area contributed by atoms with Crippen LogP contribution in [0, 0.1) is 12.8 Å². The molecule has 0 amide bonds. The standard InChI is InChI=1S/C12H21N3S/c1-9-3-4-14-11(5-9)6-13-7-12-10(2)15-8-16-12/h8-9,11,13-14H,3-7H2,1-2H3. The van der Waals surface area contributed by atoms with Gasteiger partial charge in [0.15, 0.2) is 0 Å². The highest BCUT2D eigenvalue weighted by atomic mass is 32.1. The van der Waals surface area contributed by atoms with Gasteiger partial charge in [0, 0.05) is 24.0 Å². The molecule has 0 aromatic carbocycles. The molecule has 1 aromatic heterocycles. The Morgan fingerprint density at radius 1 is 1.62 bits per heavy atom. The van der Waals surface area contributed by atoms with Gasteiger partial charge >= 0.3 is 0 Å². The van der Waals surface area contributed by atoms with Gasteiger partial charge in [-0.2, -0.15) is 0 Å². The molecule has 0 saturated carbocycles. The van der Waals surface area contributed by atoms with Gasteiger partial charge in [0.1, 0.15) is 0 Å². The molecule has 2 rings (SSSR count). The smallest absolute Gasteiger partial charge is 0.0798 e. The molecule has 1 saturated heterocycles. The van der Waals surface area contributed by atoms with Gasteiger partial charge in [-0.3, -0.25) is 0 Å². The fourth-order valence-corrected chi connectivity index (χ4v) is 2.98. The SMILES string of the molecule is Cc1ncsc1CNCC1CC(C)CCN1. The summed E-state index contributed by atoms with van der Waals surface area (Å²) in [4.78, 5) is 5.62. The normalized spacial score (nSPS) is 25.9. The van der Waals surface area contributed by atoms with E-state index in [2.05, 4.69) is 29.5 Å². The minimum absolute atomic E-state index is 0.650. The summed E-state index contributed by atoms with van der Waals surface area (Å²) in [5.41, 5.74) is 3.09. The molecule has 0 radical (unpaired) electrons. The maximum atomic E-state index is 4.26. The number of nitrogens with zero attached hydrogens (tertiary/aromatic N) is 1. The summed E-state index contributed by atoms with van der Waals surface area (Å²) in [6, 6.07) is 0.650. The molecule has 2 N–H and O–H groups in total. The Hall–Kier alpha value is -0.450. The van der Waals surface area contributed by atoms with Gasteiger partial charge < -0.3 is 10.6 Å². The zero-order valence-corrected chi connectivity index (χ0v) is 10.9. The minimum Gasteiger partial charge on any atom is -0.313 e. The van der Waals surface area contributed by atoms with Crippen LogP contribution in [0.5, 0.6) is 0 Å². The van der Waals surface area contributed by atoms with Crippen molar-refractivity contribution in [1.29, 1.82) is 0 Å². The van der Waals surface area contributed by atoms with E-state index in [1.165, 1.54) is 30.0 Å². The zero-order chi connectivity index (χ0) is 11.4.